The number of unbranched alkanes of at least 4 members (excludes halogenated alkanes) is 2. The number of hydrogen-bond acceptors (Lipinski definition) is 6. The number of fused-ring (bicyclic) bond motifs is 1. The fourth-order valence-corrected chi connectivity index (χ4v) is 8.44. The van der Waals surface area contributed by atoms with Crippen molar-refractivity contribution in [1.29, 1.82) is 0 Å². The maximum absolute atomic E-state index is 14.0. The van der Waals surface area contributed by atoms with Gasteiger partial charge in [-0.3, -0.25) is 14.4 Å². The molecule has 3 fully saturated rings. The second kappa shape index (κ2) is 9.92. The quantitative estimate of drug-likeness (QED) is 0.358. The van der Waals surface area contributed by atoms with Crippen LogP contribution in [0.15, 0.2) is 0 Å². The Morgan fingerprint density at radius 1 is 1.28 bits per heavy atom. The van der Waals surface area contributed by atoms with E-state index in [0.717, 1.165) is 32.1 Å². The zero-order valence-corrected chi connectivity index (χ0v) is 21.0. The summed E-state index contributed by atoms with van der Waals surface area (Å²) >= 11 is 1.64. The average Bonchev–Trinajstić information content (AvgIpc) is 3.33. The third-order valence-electron chi connectivity index (χ3n) is 7.93. The van der Waals surface area contributed by atoms with Crippen LogP contribution >= 0.6 is 11.8 Å². The van der Waals surface area contributed by atoms with Crippen LogP contribution in [-0.4, -0.2) is 69.1 Å². The highest BCUT2D eigenvalue weighted by molar-refractivity contribution is 8.02. The molecule has 182 valence electrons. The summed E-state index contributed by atoms with van der Waals surface area (Å²) in [4.78, 5) is 42.2. The van der Waals surface area contributed by atoms with Gasteiger partial charge in [-0.05, 0) is 39.0 Å². The van der Waals surface area contributed by atoms with Gasteiger partial charge in [0.1, 0.15) is 6.04 Å². The van der Waals surface area contributed by atoms with E-state index in [1.54, 1.807) is 23.6 Å². The molecule has 0 saturated carbocycles. The van der Waals surface area contributed by atoms with Crippen molar-refractivity contribution in [2.24, 2.45) is 17.8 Å². The molecule has 3 rings (SSSR count). The Balaban J connectivity index is 2.02. The van der Waals surface area contributed by atoms with Gasteiger partial charge in [0.15, 0.2) is 0 Å². The minimum atomic E-state index is -0.681. The van der Waals surface area contributed by atoms with Gasteiger partial charge in [0.2, 0.25) is 11.8 Å². The van der Waals surface area contributed by atoms with Gasteiger partial charge in [-0.25, -0.2) is 0 Å². The molecule has 0 aromatic carbocycles. The molecule has 2 bridgehead atoms. The molecule has 0 radical (unpaired) electrons. The molecule has 2 unspecified atom stereocenters. The lowest BCUT2D eigenvalue weighted by Gasteiger charge is -2.39. The number of carbonyl (C=O) groups excluding carboxylic acids is 3. The summed E-state index contributed by atoms with van der Waals surface area (Å²) in [6.07, 6.45) is 5.25. The maximum atomic E-state index is 14.0. The topological polar surface area (TPSA) is 95.9 Å². The number of aliphatic hydroxyl groups excluding tert-OH is 1. The van der Waals surface area contributed by atoms with Gasteiger partial charge in [-0.15, -0.1) is 11.8 Å². The molecule has 8 heteroatoms. The van der Waals surface area contributed by atoms with E-state index in [-0.39, 0.29) is 36.9 Å². The molecular formula is C24H40N2O5S. The predicted octanol–water partition coefficient (Wildman–Crippen LogP) is 2.74. The highest BCUT2D eigenvalue weighted by Gasteiger charge is 2.78. The Morgan fingerprint density at radius 3 is 2.59 bits per heavy atom. The number of rotatable bonds is 11. The molecule has 3 aliphatic heterocycles. The standard InChI is InChI=1S/C24H40N2O5S/c1-6-9-10-13-25-20(28)19-24-12-11-23(5,32-24)18(22(30)31-8-3)17(24)21(29)26(19)16(14-27)15(4)7-2/h15-19,27H,6-14H2,1-5H3,(H,25,28)/t15-,16-,17-,18-,19?,23+,24?/m0/s1. The third kappa shape index (κ3) is 3.95. The molecule has 32 heavy (non-hydrogen) atoms. The van der Waals surface area contributed by atoms with E-state index in [2.05, 4.69) is 12.2 Å². The van der Waals surface area contributed by atoms with Crippen molar-refractivity contribution in [3.05, 3.63) is 0 Å². The van der Waals surface area contributed by atoms with Crippen molar-refractivity contribution in [3.63, 3.8) is 0 Å². The lowest BCUT2D eigenvalue weighted by molar-refractivity contribution is -0.155. The van der Waals surface area contributed by atoms with Crippen LogP contribution in [0.3, 0.4) is 0 Å². The Labute approximate surface area is 196 Å². The number of nitrogens with one attached hydrogen (secondary N) is 1. The van der Waals surface area contributed by atoms with E-state index in [0.29, 0.717) is 13.0 Å². The smallest absolute Gasteiger partial charge is 0.311 e. The van der Waals surface area contributed by atoms with E-state index in [1.165, 1.54) is 0 Å². The SMILES string of the molecule is CCCCCNC(=O)C1N([C@@H](CO)[C@@H](C)CC)C(=O)[C@@H]2[C@@H](C(=O)OCC)[C@@]3(C)CCC12S3. The van der Waals surface area contributed by atoms with Gasteiger partial charge in [0.25, 0.3) is 0 Å². The number of thioether (sulfide) groups is 1. The van der Waals surface area contributed by atoms with Crippen LogP contribution in [0.2, 0.25) is 0 Å². The molecule has 1 spiro atoms. The fourth-order valence-electron chi connectivity index (χ4n) is 6.11. The van der Waals surface area contributed by atoms with Crippen molar-refractivity contribution in [3.8, 4) is 0 Å². The number of hydrogen-bond donors (Lipinski definition) is 2. The van der Waals surface area contributed by atoms with Gasteiger partial charge in [0, 0.05) is 11.3 Å². The zero-order valence-electron chi connectivity index (χ0n) is 20.2. The Kier molecular flexibility index (Phi) is 7.85. The number of likely N-dealkylation sites (tertiary alicyclic amines) is 1. The number of ether oxygens (including phenoxy) is 1. The number of aliphatic hydroxyl groups is 1. The fraction of sp³-hybridized carbons (Fsp3) is 0.875. The molecule has 3 heterocycles. The van der Waals surface area contributed by atoms with Crippen LogP contribution in [0.4, 0.5) is 0 Å². The van der Waals surface area contributed by atoms with Crippen LogP contribution in [0.25, 0.3) is 0 Å². The number of esters is 1. The van der Waals surface area contributed by atoms with Gasteiger partial charge in [0.05, 0.1) is 35.8 Å². The Hall–Kier alpha value is -1.28. The van der Waals surface area contributed by atoms with E-state index in [9.17, 15) is 19.5 Å². The summed E-state index contributed by atoms with van der Waals surface area (Å²) in [5.74, 6) is -1.78. The summed E-state index contributed by atoms with van der Waals surface area (Å²) in [6, 6.07) is -1.13. The number of nitrogens with zero attached hydrogens (tertiary/aromatic N) is 1. The first kappa shape index (κ1) is 25.3. The lowest BCUT2D eigenvalue weighted by atomic mass is 9.66. The van der Waals surface area contributed by atoms with Crippen LogP contribution in [0.5, 0.6) is 0 Å². The lowest BCUT2D eigenvalue weighted by Crippen LogP contribution is -2.57. The first-order valence-electron chi connectivity index (χ1n) is 12.3. The molecular weight excluding hydrogens is 428 g/mol. The van der Waals surface area contributed by atoms with Crippen LogP contribution in [-0.2, 0) is 19.1 Å². The monoisotopic (exact) mass is 468 g/mol. The summed E-state index contributed by atoms with van der Waals surface area (Å²) in [6.45, 7) is 10.6. The number of carbonyl (C=O) groups is 3. The van der Waals surface area contributed by atoms with E-state index in [1.807, 2.05) is 20.8 Å². The molecule has 0 aliphatic carbocycles. The van der Waals surface area contributed by atoms with Crippen molar-refractivity contribution in [2.45, 2.75) is 94.7 Å². The molecule has 3 aliphatic rings. The second-order valence-electron chi connectivity index (χ2n) is 9.86. The van der Waals surface area contributed by atoms with Crippen molar-refractivity contribution >= 4 is 29.5 Å². The van der Waals surface area contributed by atoms with Gasteiger partial charge in [-0.1, -0.05) is 40.0 Å². The zero-order chi connectivity index (χ0) is 23.7. The van der Waals surface area contributed by atoms with Gasteiger partial charge in [-0.2, -0.15) is 0 Å². The van der Waals surface area contributed by atoms with Crippen molar-refractivity contribution in [2.75, 3.05) is 19.8 Å². The van der Waals surface area contributed by atoms with Crippen molar-refractivity contribution < 1.29 is 24.2 Å². The molecule has 3 saturated heterocycles. The van der Waals surface area contributed by atoms with E-state index in [4.69, 9.17) is 4.74 Å². The Morgan fingerprint density at radius 2 is 2.00 bits per heavy atom. The predicted molar refractivity (Wildman–Crippen MR) is 125 cm³/mol. The second-order valence-corrected chi connectivity index (χ2v) is 11.8. The summed E-state index contributed by atoms with van der Waals surface area (Å²) in [5.41, 5.74) is 0. The van der Waals surface area contributed by atoms with Gasteiger partial charge < -0.3 is 20.1 Å². The minimum absolute atomic E-state index is 0.0356. The highest BCUT2D eigenvalue weighted by atomic mass is 32.2. The van der Waals surface area contributed by atoms with Gasteiger partial charge >= 0.3 is 5.97 Å². The molecule has 2 N–H and O–H groups in total. The molecule has 2 amide bonds. The normalized spacial score (nSPS) is 35.0. The summed E-state index contributed by atoms with van der Waals surface area (Å²) in [7, 11) is 0. The molecule has 7 nitrogen and oxygen atoms in total. The highest BCUT2D eigenvalue weighted by Crippen LogP contribution is 2.71. The third-order valence-corrected chi connectivity index (χ3v) is 9.91. The molecule has 7 atom stereocenters. The van der Waals surface area contributed by atoms with Crippen LogP contribution < -0.4 is 5.32 Å². The van der Waals surface area contributed by atoms with Crippen LogP contribution in [0.1, 0.15) is 73.1 Å². The first-order valence-corrected chi connectivity index (χ1v) is 13.1. The largest absolute Gasteiger partial charge is 0.466 e. The summed E-state index contributed by atoms with van der Waals surface area (Å²) in [5, 5.41) is 13.3. The maximum Gasteiger partial charge on any atom is 0.311 e. The minimum Gasteiger partial charge on any atom is -0.466 e. The van der Waals surface area contributed by atoms with E-state index < -0.39 is 33.4 Å². The molecule has 0 aromatic rings. The summed E-state index contributed by atoms with van der Waals surface area (Å²) < 4.78 is 4.34. The average molecular weight is 469 g/mol. The van der Waals surface area contributed by atoms with Crippen molar-refractivity contribution in [1.82, 2.24) is 10.2 Å². The molecule has 0 aromatic heterocycles. The van der Waals surface area contributed by atoms with E-state index >= 15 is 0 Å². The van der Waals surface area contributed by atoms with Crippen LogP contribution in [0, 0.1) is 17.8 Å². The first-order chi connectivity index (χ1) is 15.2. The number of amides is 2. The Bertz CT molecular complexity index is 733.